The van der Waals surface area contributed by atoms with E-state index in [1.165, 1.54) is 6.33 Å². The Hall–Kier alpha value is -1.92. The third-order valence-corrected chi connectivity index (χ3v) is 3.17. The first kappa shape index (κ1) is 12.1. The number of hydrogen-bond acceptors (Lipinski definition) is 6. The van der Waals surface area contributed by atoms with Gasteiger partial charge in [0, 0.05) is 11.9 Å². The molecule has 2 N–H and O–H groups in total. The fraction of sp³-hybridized carbons (Fsp3) is 0.385. The van der Waals surface area contributed by atoms with E-state index in [9.17, 15) is 5.11 Å². The van der Waals surface area contributed by atoms with Crippen LogP contribution in [0.25, 0.3) is 10.9 Å². The Morgan fingerprint density at radius 3 is 2.95 bits per heavy atom. The molecule has 0 radical (unpaired) electrons. The molecule has 2 heterocycles. The van der Waals surface area contributed by atoms with E-state index in [0.29, 0.717) is 31.3 Å². The fourth-order valence-corrected chi connectivity index (χ4v) is 2.05. The van der Waals surface area contributed by atoms with Crippen LogP contribution in [0.4, 0.5) is 5.82 Å². The lowest BCUT2D eigenvalue weighted by Gasteiger charge is -2.36. The maximum atomic E-state index is 9.99. The van der Waals surface area contributed by atoms with Crippen LogP contribution in [0.2, 0.25) is 0 Å². The summed E-state index contributed by atoms with van der Waals surface area (Å²) in [5.74, 6) is 1.39. The van der Waals surface area contributed by atoms with Gasteiger partial charge in [-0.05, 0) is 12.1 Å². The highest BCUT2D eigenvalue weighted by atomic mass is 16.5. The van der Waals surface area contributed by atoms with Crippen molar-refractivity contribution in [2.75, 3.05) is 32.2 Å². The van der Waals surface area contributed by atoms with Crippen molar-refractivity contribution in [1.82, 2.24) is 9.97 Å². The maximum Gasteiger partial charge on any atom is 0.145 e. The van der Waals surface area contributed by atoms with Crippen molar-refractivity contribution in [3.63, 3.8) is 0 Å². The molecular formula is C13H15N3O3. The summed E-state index contributed by atoms with van der Waals surface area (Å²) in [6.45, 7) is 1.11. The molecule has 2 aromatic rings. The molecule has 0 bridgehead atoms. The molecule has 0 spiro atoms. The van der Waals surface area contributed by atoms with Gasteiger partial charge in [0.1, 0.15) is 29.0 Å². The minimum absolute atomic E-state index is 0.354. The molecule has 1 aromatic heterocycles. The van der Waals surface area contributed by atoms with Crippen molar-refractivity contribution < 1.29 is 14.6 Å². The highest BCUT2D eigenvalue weighted by Crippen LogP contribution is 2.27. The number of nitrogens with one attached hydrogen (secondary N) is 1. The normalized spacial score (nSPS) is 16.9. The van der Waals surface area contributed by atoms with E-state index < -0.39 is 5.60 Å². The zero-order valence-electron chi connectivity index (χ0n) is 10.6. The number of rotatable bonds is 4. The number of benzene rings is 1. The summed E-state index contributed by atoms with van der Waals surface area (Å²) < 4.78 is 10.3. The Morgan fingerprint density at radius 2 is 2.26 bits per heavy atom. The molecule has 1 aliphatic rings. The van der Waals surface area contributed by atoms with Crippen molar-refractivity contribution in [3.05, 3.63) is 24.5 Å². The van der Waals surface area contributed by atoms with Gasteiger partial charge in [-0.25, -0.2) is 9.97 Å². The molecule has 1 saturated heterocycles. The summed E-state index contributed by atoms with van der Waals surface area (Å²) in [6.07, 6.45) is 1.48. The molecule has 1 aliphatic heterocycles. The van der Waals surface area contributed by atoms with Gasteiger partial charge < -0.3 is 19.9 Å². The minimum atomic E-state index is -0.795. The second kappa shape index (κ2) is 4.64. The Balaban J connectivity index is 1.90. The molecule has 1 aromatic carbocycles. The van der Waals surface area contributed by atoms with Gasteiger partial charge in [0.15, 0.2) is 0 Å². The topological polar surface area (TPSA) is 76.5 Å². The van der Waals surface area contributed by atoms with Gasteiger partial charge in [0.05, 0.1) is 20.3 Å². The third kappa shape index (κ3) is 2.20. The molecular weight excluding hydrogens is 246 g/mol. The van der Waals surface area contributed by atoms with Crippen LogP contribution in [0.1, 0.15) is 0 Å². The van der Waals surface area contributed by atoms with E-state index in [2.05, 4.69) is 15.3 Å². The molecule has 0 aliphatic carbocycles. The van der Waals surface area contributed by atoms with E-state index in [0.717, 1.165) is 10.9 Å². The molecule has 3 rings (SSSR count). The summed E-state index contributed by atoms with van der Waals surface area (Å²) in [5, 5.41) is 14.0. The lowest BCUT2D eigenvalue weighted by Crippen LogP contribution is -2.54. The Labute approximate surface area is 110 Å². The maximum absolute atomic E-state index is 9.99. The number of para-hydroxylation sites is 1. The lowest BCUT2D eigenvalue weighted by molar-refractivity contribution is -0.168. The number of methoxy groups -OCH3 is 1. The predicted molar refractivity (Wildman–Crippen MR) is 70.3 cm³/mol. The zero-order chi connectivity index (χ0) is 13.3. The number of hydrogen-bond donors (Lipinski definition) is 2. The summed E-state index contributed by atoms with van der Waals surface area (Å²) in [4.78, 5) is 8.44. The van der Waals surface area contributed by atoms with Crippen LogP contribution < -0.4 is 10.1 Å². The predicted octanol–water partition coefficient (Wildman–Crippen LogP) is 0.812. The molecule has 6 nitrogen and oxygen atoms in total. The fourth-order valence-electron chi connectivity index (χ4n) is 2.05. The average Bonchev–Trinajstić information content (AvgIpc) is 2.42. The number of fused-ring (bicyclic) bond motifs is 1. The van der Waals surface area contributed by atoms with Crippen molar-refractivity contribution >= 4 is 16.7 Å². The van der Waals surface area contributed by atoms with Crippen LogP contribution in [0.3, 0.4) is 0 Å². The molecule has 0 amide bonds. The smallest absolute Gasteiger partial charge is 0.145 e. The van der Waals surface area contributed by atoms with Gasteiger partial charge >= 0.3 is 0 Å². The first-order chi connectivity index (χ1) is 9.22. The highest BCUT2D eigenvalue weighted by Gasteiger charge is 2.35. The summed E-state index contributed by atoms with van der Waals surface area (Å²) in [7, 11) is 1.61. The summed E-state index contributed by atoms with van der Waals surface area (Å²) in [5.41, 5.74) is -0.0461. The largest absolute Gasteiger partial charge is 0.494 e. The van der Waals surface area contributed by atoms with E-state index >= 15 is 0 Å². The number of aliphatic hydroxyl groups is 1. The van der Waals surface area contributed by atoms with Crippen molar-refractivity contribution in [3.8, 4) is 5.75 Å². The minimum Gasteiger partial charge on any atom is -0.494 e. The Morgan fingerprint density at radius 1 is 1.42 bits per heavy atom. The van der Waals surface area contributed by atoms with Crippen molar-refractivity contribution in [2.45, 2.75) is 5.60 Å². The van der Waals surface area contributed by atoms with Gasteiger partial charge in [0.2, 0.25) is 0 Å². The van der Waals surface area contributed by atoms with Crippen LogP contribution >= 0.6 is 0 Å². The average molecular weight is 261 g/mol. The van der Waals surface area contributed by atoms with Crippen LogP contribution in [0.5, 0.6) is 5.75 Å². The van der Waals surface area contributed by atoms with Crippen molar-refractivity contribution in [2.24, 2.45) is 0 Å². The van der Waals surface area contributed by atoms with E-state index in [4.69, 9.17) is 9.47 Å². The Kier molecular flexibility index (Phi) is 2.96. The van der Waals surface area contributed by atoms with Gasteiger partial charge in [-0.3, -0.25) is 0 Å². The van der Waals surface area contributed by atoms with Crippen LogP contribution in [-0.4, -0.2) is 47.5 Å². The second-order valence-electron chi connectivity index (χ2n) is 4.65. The van der Waals surface area contributed by atoms with Crippen LogP contribution in [-0.2, 0) is 4.74 Å². The summed E-state index contributed by atoms with van der Waals surface area (Å²) in [6, 6.07) is 5.66. The van der Waals surface area contributed by atoms with Gasteiger partial charge in [-0.1, -0.05) is 6.07 Å². The first-order valence-electron chi connectivity index (χ1n) is 6.04. The van der Waals surface area contributed by atoms with Crippen LogP contribution in [0, 0.1) is 0 Å². The van der Waals surface area contributed by atoms with E-state index in [1.807, 2.05) is 18.2 Å². The first-order valence-corrected chi connectivity index (χ1v) is 6.04. The molecule has 0 saturated carbocycles. The third-order valence-electron chi connectivity index (χ3n) is 3.17. The molecule has 1 fully saturated rings. The summed E-state index contributed by atoms with van der Waals surface area (Å²) >= 11 is 0. The number of aromatic nitrogens is 2. The lowest BCUT2D eigenvalue weighted by atomic mass is 10.0. The van der Waals surface area contributed by atoms with Crippen molar-refractivity contribution in [1.29, 1.82) is 0 Å². The van der Waals surface area contributed by atoms with E-state index in [-0.39, 0.29) is 0 Å². The second-order valence-corrected chi connectivity index (χ2v) is 4.65. The van der Waals surface area contributed by atoms with Crippen LogP contribution in [0.15, 0.2) is 24.5 Å². The standard InChI is InChI=1S/C13H15N3O3/c1-18-10-4-2-3-9-11(10)15-8-16-12(9)14-5-13(17)6-19-7-13/h2-4,8,17H,5-7H2,1H3,(H,14,15,16). The van der Waals surface area contributed by atoms with Gasteiger partial charge in [-0.2, -0.15) is 0 Å². The van der Waals surface area contributed by atoms with E-state index in [1.54, 1.807) is 7.11 Å². The quantitative estimate of drug-likeness (QED) is 0.848. The molecule has 100 valence electrons. The molecule has 0 unspecified atom stereocenters. The monoisotopic (exact) mass is 261 g/mol. The van der Waals surface area contributed by atoms with Gasteiger partial charge in [-0.15, -0.1) is 0 Å². The SMILES string of the molecule is COc1cccc2c(NCC3(O)COC3)ncnc12. The highest BCUT2D eigenvalue weighted by molar-refractivity contribution is 5.92. The Bertz CT molecular complexity index is 599. The zero-order valence-corrected chi connectivity index (χ0v) is 10.6. The number of nitrogens with zero attached hydrogens (tertiary/aromatic N) is 2. The number of anilines is 1. The molecule has 19 heavy (non-hydrogen) atoms. The number of ether oxygens (including phenoxy) is 2. The van der Waals surface area contributed by atoms with Gasteiger partial charge in [0.25, 0.3) is 0 Å². The molecule has 0 atom stereocenters. The molecule has 6 heteroatoms.